The van der Waals surface area contributed by atoms with Gasteiger partial charge < -0.3 is 19.3 Å². The lowest BCUT2D eigenvalue weighted by atomic mass is 9.97. The number of hydrogen-bond donors (Lipinski definition) is 2. The number of anilines is 1. The molecule has 0 spiro atoms. The third-order valence-corrected chi connectivity index (χ3v) is 9.17. The number of rotatable bonds is 14. The molecular weight excluding hydrogens is 643 g/mol. The summed E-state index contributed by atoms with van der Waals surface area (Å²) in [5, 5.41) is 25.2. The van der Waals surface area contributed by atoms with Gasteiger partial charge in [-0.2, -0.15) is 4.47 Å². The molecule has 266 valence electrons. The summed E-state index contributed by atoms with van der Waals surface area (Å²) in [6, 6.07) is 13.3. The summed E-state index contributed by atoms with van der Waals surface area (Å²) in [6.45, 7) is 15.8. The number of aliphatic hydroxyl groups is 1. The number of carbonyl (C=O) groups excluding carboxylic acids is 2. The van der Waals surface area contributed by atoms with Crippen molar-refractivity contribution in [1.29, 1.82) is 0 Å². The van der Waals surface area contributed by atoms with Crippen LogP contribution < -0.4 is 4.47 Å². The van der Waals surface area contributed by atoms with E-state index >= 15 is 0 Å². The van der Waals surface area contributed by atoms with Crippen molar-refractivity contribution in [2.45, 2.75) is 92.2 Å². The Balaban J connectivity index is 0.00000319. The van der Waals surface area contributed by atoms with Crippen LogP contribution in [0.25, 0.3) is 11.1 Å². The zero-order valence-corrected chi connectivity index (χ0v) is 30.7. The Hall–Kier alpha value is -3.97. The molecule has 0 saturated carbocycles. The number of aryl methyl sites for hydroxylation is 1. The minimum Gasteiger partial charge on any atom is -0.392 e. The van der Waals surface area contributed by atoms with Crippen LogP contribution in [0.3, 0.4) is 0 Å². The number of amides is 2. The van der Waals surface area contributed by atoms with Crippen LogP contribution in [0.1, 0.15) is 82.8 Å². The molecule has 1 saturated heterocycles. The van der Waals surface area contributed by atoms with Gasteiger partial charge in [-0.3, -0.25) is 19.7 Å². The first kappa shape index (κ1) is 39.5. The normalized spacial score (nSPS) is 13.7. The van der Waals surface area contributed by atoms with Crippen LogP contribution in [0.15, 0.2) is 68.1 Å². The Labute approximate surface area is 294 Å². The molecule has 1 aromatic heterocycles. The number of aliphatic hydroxyl groups excluding tert-OH is 1. The van der Waals surface area contributed by atoms with E-state index in [0.717, 1.165) is 74.1 Å². The molecule has 0 aliphatic carbocycles. The van der Waals surface area contributed by atoms with E-state index < -0.39 is 0 Å². The highest BCUT2D eigenvalue weighted by atomic mass is 32.2. The monoisotopic (exact) mass is 693 g/mol. The van der Waals surface area contributed by atoms with Gasteiger partial charge in [0.2, 0.25) is 18.1 Å². The lowest BCUT2D eigenvalue weighted by Crippen LogP contribution is -2.40. The first-order valence-electron chi connectivity index (χ1n) is 16.9. The van der Waals surface area contributed by atoms with Gasteiger partial charge in [-0.05, 0) is 68.0 Å². The highest BCUT2D eigenvalue weighted by Crippen LogP contribution is 2.37. The van der Waals surface area contributed by atoms with Gasteiger partial charge in [0, 0.05) is 54.0 Å². The van der Waals surface area contributed by atoms with Crippen LogP contribution in [-0.4, -0.2) is 69.7 Å². The van der Waals surface area contributed by atoms with Gasteiger partial charge in [0.1, 0.15) is 11.6 Å². The zero-order chi connectivity index (χ0) is 35.9. The summed E-state index contributed by atoms with van der Waals surface area (Å²) in [6.07, 6.45) is 3.45. The van der Waals surface area contributed by atoms with Crippen molar-refractivity contribution in [3.63, 3.8) is 0 Å². The Bertz CT molecular complexity index is 1600. The lowest BCUT2D eigenvalue weighted by Gasteiger charge is -2.27. The predicted molar refractivity (Wildman–Crippen MR) is 194 cm³/mol. The number of aromatic nitrogens is 1. The van der Waals surface area contributed by atoms with Crippen LogP contribution in [0.5, 0.6) is 0 Å². The zero-order valence-electron chi connectivity index (χ0n) is 29.9. The lowest BCUT2D eigenvalue weighted by molar-refractivity contribution is -0.134. The van der Waals surface area contributed by atoms with Gasteiger partial charge in [-0.15, -0.1) is 0 Å². The van der Waals surface area contributed by atoms with Gasteiger partial charge in [0.15, 0.2) is 0 Å². The van der Waals surface area contributed by atoms with Crippen molar-refractivity contribution >= 4 is 35.9 Å². The SMILES string of the molecule is CC.CCCCC(=N/C(C)=C(\C)CC(=O)N1CCOCC1)N(C=O)Cc1ccc(-c2ccccc2SN(O)c2noc(C)c2C)c(CO)c1. The average Bonchev–Trinajstić information content (AvgIpc) is 3.47. The van der Waals surface area contributed by atoms with Gasteiger partial charge in [0.25, 0.3) is 0 Å². The number of carbonyl (C=O) groups is 2. The Kier molecular flexibility index (Phi) is 16.0. The fourth-order valence-electron chi connectivity index (χ4n) is 5.18. The third kappa shape index (κ3) is 10.8. The van der Waals surface area contributed by atoms with E-state index in [-0.39, 0.29) is 25.5 Å². The molecule has 4 rings (SSSR count). The van der Waals surface area contributed by atoms with E-state index in [2.05, 4.69) is 12.1 Å². The highest BCUT2D eigenvalue weighted by Gasteiger charge is 2.21. The molecule has 49 heavy (non-hydrogen) atoms. The number of amidine groups is 1. The minimum atomic E-state index is -0.220. The van der Waals surface area contributed by atoms with Crippen LogP contribution in [-0.2, 0) is 27.5 Å². The average molecular weight is 694 g/mol. The summed E-state index contributed by atoms with van der Waals surface area (Å²) in [4.78, 5) is 34.3. The third-order valence-electron chi connectivity index (χ3n) is 8.28. The second-order valence-electron chi connectivity index (χ2n) is 11.6. The first-order chi connectivity index (χ1) is 23.7. The molecular formula is C37H51N5O6S. The van der Waals surface area contributed by atoms with Crippen molar-refractivity contribution in [3.05, 3.63) is 76.2 Å². The molecule has 1 aliphatic rings. The van der Waals surface area contributed by atoms with E-state index in [1.807, 2.05) is 82.0 Å². The van der Waals surface area contributed by atoms with E-state index in [1.165, 1.54) is 0 Å². The summed E-state index contributed by atoms with van der Waals surface area (Å²) in [7, 11) is 0. The summed E-state index contributed by atoms with van der Waals surface area (Å²) < 4.78 is 11.6. The molecule has 0 radical (unpaired) electrons. The molecule has 2 amide bonds. The molecule has 11 nitrogen and oxygen atoms in total. The van der Waals surface area contributed by atoms with E-state index in [1.54, 1.807) is 11.8 Å². The molecule has 12 heteroatoms. The van der Waals surface area contributed by atoms with Gasteiger partial charge in [-0.25, -0.2) is 4.99 Å². The highest BCUT2D eigenvalue weighted by molar-refractivity contribution is 8.00. The van der Waals surface area contributed by atoms with Crippen molar-refractivity contribution in [2.75, 3.05) is 30.8 Å². The maximum absolute atomic E-state index is 12.8. The summed E-state index contributed by atoms with van der Waals surface area (Å²) >= 11 is 1.10. The number of ether oxygens (including phenoxy) is 1. The number of hydrogen-bond acceptors (Lipinski definition) is 10. The van der Waals surface area contributed by atoms with Gasteiger partial charge in [-0.1, -0.05) is 68.7 Å². The maximum Gasteiger partial charge on any atom is 0.226 e. The fourth-order valence-corrected chi connectivity index (χ4v) is 6.04. The molecule has 3 aromatic rings. The molecule has 0 unspecified atom stereocenters. The predicted octanol–water partition coefficient (Wildman–Crippen LogP) is 7.47. The molecule has 1 fully saturated rings. The topological polar surface area (TPSA) is 132 Å². The van der Waals surface area contributed by atoms with Crippen molar-refractivity contribution < 1.29 is 29.2 Å². The number of aliphatic imine (C=N–C) groups is 1. The molecule has 1 aliphatic heterocycles. The van der Waals surface area contributed by atoms with Crippen molar-refractivity contribution in [1.82, 2.24) is 15.0 Å². The van der Waals surface area contributed by atoms with E-state index in [0.29, 0.717) is 55.7 Å². The minimum absolute atomic E-state index is 0.0503. The van der Waals surface area contributed by atoms with E-state index in [4.69, 9.17) is 14.3 Å². The van der Waals surface area contributed by atoms with Crippen LogP contribution in [0, 0.1) is 13.8 Å². The van der Waals surface area contributed by atoms with E-state index in [9.17, 15) is 19.9 Å². The van der Waals surface area contributed by atoms with Crippen LogP contribution in [0.4, 0.5) is 5.82 Å². The number of morpholine rings is 1. The first-order valence-corrected chi connectivity index (χ1v) is 17.7. The molecule has 2 heterocycles. The number of allylic oxidation sites excluding steroid dienone is 1. The van der Waals surface area contributed by atoms with Crippen molar-refractivity contribution in [3.8, 4) is 11.1 Å². The summed E-state index contributed by atoms with van der Waals surface area (Å²) in [5.74, 6) is 1.63. The Morgan fingerprint density at radius 3 is 2.45 bits per heavy atom. The quantitative estimate of drug-likeness (QED) is 0.0580. The second kappa shape index (κ2) is 19.9. The number of nitrogens with zero attached hydrogens (tertiary/aromatic N) is 5. The number of unbranched alkanes of at least 4 members (excludes halogenated alkanes) is 1. The van der Waals surface area contributed by atoms with Crippen LogP contribution >= 0.6 is 11.9 Å². The molecule has 2 N–H and O–H groups in total. The Morgan fingerprint density at radius 1 is 1.10 bits per heavy atom. The van der Waals surface area contributed by atoms with Gasteiger partial charge in [0.05, 0.1) is 26.4 Å². The summed E-state index contributed by atoms with van der Waals surface area (Å²) in [5.41, 5.74) is 5.46. The maximum atomic E-state index is 12.8. The van der Waals surface area contributed by atoms with Crippen LogP contribution in [0.2, 0.25) is 0 Å². The molecule has 0 bridgehead atoms. The molecule has 0 atom stereocenters. The standard InChI is InChI=1S/C35H45N5O6S.C2H6/c1-6-7-12-33(36-26(4)24(2)19-34(43)38-15-17-45-18-16-38)39(23-42)21-28-13-14-30(29(20-28)22-41)31-10-8-9-11-32(31)47-40(44)35-25(3)27(5)46-37-35;1-2/h8-11,13-14,20,23,41,44H,6-7,12,15-19,21-22H2,1-5H3;1-2H3/b26-24+,36-33?;. The largest absolute Gasteiger partial charge is 0.392 e. The Morgan fingerprint density at radius 2 is 1.82 bits per heavy atom. The van der Waals surface area contributed by atoms with Crippen molar-refractivity contribution in [2.24, 2.45) is 4.99 Å². The fraction of sp³-hybridized carbons (Fsp3) is 0.459. The number of benzene rings is 2. The smallest absolute Gasteiger partial charge is 0.226 e. The molecule has 2 aromatic carbocycles. The second-order valence-corrected chi connectivity index (χ2v) is 12.6. The van der Waals surface area contributed by atoms with Gasteiger partial charge >= 0.3 is 0 Å².